The number of aromatic amines is 2. The van der Waals surface area contributed by atoms with Crippen molar-refractivity contribution in [1.29, 1.82) is 0 Å². The standard InChI is InChI=1S/C89H128N20O20S/c1-12-14-25-68-81(121)97-60(33-47(3)4)78(118)103-67(77(117)95-42-73(92)114)45-130-46-74(115)96-62(35-51-28-30-53(111)31-29-51)85(125)105(9)50(8)76(116)98-64(38-72(91)113)87(127)108-32-20-27-69(108)82(122)101-65(39-90)79(119)99-61(34-48(5)6)88(128)109-43-54(112)37-71(109)83(123)104-75(49(7)57-41-94-59-24-19-17-22-56(57)59)84(124)102-66(44-110)80(120)100-63(36-52-40-93-58-23-18-16-21-55(52)58)86(126)107(11)70(26-15-13-2)89(129)106(68)10/h16-19,21-24,28-31,40-41,47-50,54,60-71,75,93-94,110-112H,12-15,20,25-27,32-39,42-46,90H2,1-11H3,(H2,91,113)(H2,92,114)(H,95,117)(H,96,115)(H,97,121)(H,98,116)(H,99,119)(H,100,120)(H,101,122)(H,102,124)(H,103,118)(H,104,123)/t49-,50-,54+,60-,61-,62-,63-,64-,65-,66-,67-,68-,69-,70-,71-,75-/m0/s1. The van der Waals surface area contributed by atoms with Gasteiger partial charge in [0.2, 0.25) is 100 Å². The van der Waals surface area contributed by atoms with Crippen LogP contribution in [0.5, 0.6) is 5.75 Å². The fraction of sp³-hybridized carbons (Fsp3) is 0.562. The summed E-state index contributed by atoms with van der Waals surface area (Å²) in [5, 5.41) is 60.5. The number of unbranched alkanes of at least 4 members (excludes halogenated alkanes) is 2. The third-order valence-electron chi connectivity index (χ3n) is 23.8. The number of thioether (sulfide) groups is 1. The largest absolute Gasteiger partial charge is 0.508 e. The van der Waals surface area contributed by atoms with Crippen molar-refractivity contribution in [3.63, 3.8) is 0 Å². The molecular formula is C89H128N20O20S. The number of carbonyl (C=O) groups excluding carboxylic acids is 17. The predicted octanol–water partition coefficient (Wildman–Crippen LogP) is -1.59. The monoisotopic (exact) mass is 1830 g/mol. The van der Waals surface area contributed by atoms with Crippen LogP contribution in [0.15, 0.2) is 85.2 Å². The number of aromatic hydroxyl groups is 1. The van der Waals surface area contributed by atoms with Gasteiger partial charge in [-0.3, -0.25) is 81.5 Å². The second-order valence-corrected chi connectivity index (χ2v) is 35.5. The molecule has 5 aromatic rings. The summed E-state index contributed by atoms with van der Waals surface area (Å²) >= 11 is 0.795. The number of fused-ring (bicyclic) bond motifs is 4. The summed E-state index contributed by atoms with van der Waals surface area (Å²) in [6.45, 7) is 10.7. The first-order chi connectivity index (χ1) is 61.7. The molecule has 130 heavy (non-hydrogen) atoms. The molecule has 3 fully saturated rings. The molecular weight excluding hydrogens is 1700 g/mol. The lowest BCUT2D eigenvalue weighted by molar-refractivity contribution is -0.149. The lowest BCUT2D eigenvalue weighted by atomic mass is 9.91. The van der Waals surface area contributed by atoms with E-state index in [1.165, 1.54) is 57.2 Å². The minimum atomic E-state index is -1.88. The number of para-hydroxylation sites is 2. The number of phenolic OH excluding ortho intramolecular Hbond substituents is 1. The highest BCUT2D eigenvalue weighted by molar-refractivity contribution is 8.00. The zero-order chi connectivity index (χ0) is 95.7. The number of aliphatic hydroxyl groups excluding tert-OH is 2. The third-order valence-corrected chi connectivity index (χ3v) is 24.8. The Kier molecular flexibility index (Phi) is 38.4. The van der Waals surface area contributed by atoms with Gasteiger partial charge in [-0.15, -0.1) is 11.8 Å². The first-order valence-corrected chi connectivity index (χ1v) is 45.3. The van der Waals surface area contributed by atoms with Crippen LogP contribution < -0.4 is 70.4 Å². The number of aromatic nitrogens is 2. The van der Waals surface area contributed by atoms with Crippen molar-refractivity contribution in [1.82, 2.24) is 87.6 Å². The van der Waals surface area contributed by atoms with Gasteiger partial charge < -0.3 is 120 Å². The number of nitrogens with one attached hydrogen (secondary N) is 12. The second-order valence-electron chi connectivity index (χ2n) is 34.5. The Morgan fingerprint density at radius 3 is 1.72 bits per heavy atom. The first-order valence-electron chi connectivity index (χ1n) is 44.1. The number of phenols is 1. The normalized spacial score (nSPS) is 25.6. The maximum Gasteiger partial charge on any atom is 0.246 e. The van der Waals surface area contributed by atoms with Crippen LogP contribution in [0.25, 0.3) is 21.8 Å². The summed E-state index contributed by atoms with van der Waals surface area (Å²) in [7, 11) is 3.96. The third kappa shape index (κ3) is 27.7. The van der Waals surface area contributed by atoms with Gasteiger partial charge in [0, 0.05) is 106 Å². The van der Waals surface area contributed by atoms with E-state index in [9.17, 15) is 63.3 Å². The van der Waals surface area contributed by atoms with E-state index in [2.05, 4.69) is 63.1 Å². The highest BCUT2D eigenvalue weighted by atomic mass is 32.2. The van der Waals surface area contributed by atoms with E-state index < -0.39 is 241 Å². The van der Waals surface area contributed by atoms with E-state index in [1.807, 2.05) is 13.8 Å². The molecule has 0 bridgehead atoms. The molecule has 0 aliphatic carbocycles. The van der Waals surface area contributed by atoms with Gasteiger partial charge in [0.15, 0.2) is 0 Å². The average Bonchev–Trinajstić information content (AvgIpc) is 1.60. The molecule has 3 saturated heterocycles. The lowest BCUT2D eigenvalue weighted by Gasteiger charge is -2.36. The Morgan fingerprint density at radius 1 is 0.546 bits per heavy atom. The molecule has 3 aromatic carbocycles. The summed E-state index contributed by atoms with van der Waals surface area (Å²) in [6, 6.07) is -1.77. The van der Waals surface area contributed by atoms with Crippen LogP contribution in [-0.2, 0) is 94.3 Å². The molecule has 0 radical (unpaired) electrons. The van der Waals surface area contributed by atoms with Crippen molar-refractivity contribution in [2.24, 2.45) is 29.0 Å². The number of hydrogen-bond acceptors (Lipinski definition) is 22. The molecule has 2 aromatic heterocycles. The number of aliphatic hydroxyl groups is 2. The van der Waals surface area contributed by atoms with Crippen molar-refractivity contribution >= 4 is 134 Å². The van der Waals surface area contributed by atoms with Crippen LogP contribution in [0.2, 0.25) is 0 Å². The Bertz CT molecular complexity index is 4870. The Labute approximate surface area is 758 Å². The van der Waals surface area contributed by atoms with Crippen LogP contribution in [0.4, 0.5) is 0 Å². The number of hydrogen-bond donors (Lipinski definition) is 18. The van der Waals surface area contributed by atoms with Crippen molar-refractivity contribution in [2.75, 3.05) is 65.4 Å². The molecule has 710 valence electrons. The minimum Gasteiger partial charge on any atom is -0.508 e. The van der Waals surface area contributed by atoms with Crippen LogP contribution in [-0.4, -0.2) is 306 Å². The topological polar surface area (TPSA) is 597 Å². The number of primary amides is 2. The van der Waals surface area contributed by atoms with E-state index in [0.717, 1.165) is 31.4 Å². The highest BCUT2D eigenvalue weighted by Crippen LogP contribution is 2.31. The Hall–Kier alpha value is -12.2. The summed E-state index contributed by atoms with van der Waals surface area (Å²) in [5.74, 6) is -18.5. The number of carbonyl (C=O) groups is 17. The summed E-state index contributed by atoms with van der Waals surface area (Å²) < 4.78 is 0. The number of rotatable bonds is 23. The van der Waals surface area contributed by atoms with Crippen molar-refractivity contribution < 1.29 is 96.8 Å². The van der Waals surface area contributed by atoms with Gasteiger partial charge in [-0.05, 0) is 98.2 Å². The SMILES string of the molecule is CCCC[C@H]1C(=O)N(C)[C@@H](CCCC)C(=O)N[C@@H](CC(C)C)C(=O)N[C@H](C(=O)NCC(N)=O)CSCC(=O)N[C@@H](Cc2ccc(O)cc2)C(=O)N(C)[C@@H](C)C(=O)N[C@@H](CC(N)=O)C(=O)N2CCC[C@H]2C(=O)N[C@@H](CN)C(=O)N[C@@H](CC(C)C)C(=O)N2C[C@H](O)C[C@H]2C(=O)N[C@@H]([C@@H](C)c2c[nH]c3ccccc23)C(=O)N[C@@H](CO)C(=O)N[C@@H](Cc2c[nH]c3ccccc23)C(=O)N1C. The predicted molar refractivity (Wildman–Crippen MR) is 482 cm³/mol. The van der Waals surface area contributed by atoms with Gasteiger partial charge >= 0.3 is 0 Å². The number of benzene rings is 3. The molecule has 0 saturated carbocycles. The van der Waals surface area contributed by atoms with Gasteiger partial charge in [0.1, 0.15) is 90.3 Å². The fourth-order valence-electron chi connectivity index (χ4n) is 16.4. The molecule has 41 heteroatoms. The quantitative estimate of drug-likeness (QED) is 0.0350. The molecule has 16 atom stereocenters. The average molecular weight is 1830 g/mol. The Balaban J connectivity index is 1.19. The van der Waals surface area contributed by atoms with Gasteiger partial charge in [-0.2, -0.15) is 0 Å². The van der Waals surface area contributed by atoms with Gasteiger partial charge in [0.25, 0.3) is 0 Å². The molecule has 3 aliphatic heterocycles. The Morgan fingerprint density at radius 2 is 1.08 bits per heavy atom. The summed E-state index contributed by atoms with van der Waals surface area (Å²) in [6.07, 6.45) is 2.03. The van der Waals surface area contributed by atoms with Crippen LogP contribution >= 0.6 is 11.8 Å². The first kappa shape index (κ1) is 103. The van der Waals surface area contributed by atoms with Crippen LogP contribution in [0, 0.1) is 11.8 Å². The molecule has 0 spiro atoms. The zero-order valence-corrected chi connectivity index (χ0v) is 76.3. The van der Waals surface area contributed by atoms with Crippen molar-refractivity contribution in [2.45, 2.75) is 242 Å². The zero-order valence-electron chi connectivity index (χ0n) is 75.5. The molecule has 5 heterocycles. The van der Waals surface area contributed by atoms with E-state index in [-0.39, 0.29) is 81.9 Å². The number of amides is 17. The van der Waals surface area contributed by atoms with E-state index >= 15 is 33.6 Å². The molecule has 17 amide bonds. The molecule has 21 N–H and O–H groups in total. The van der Waals surface area contributed by atoms with E-state index in [4.69, 9.17) is 17.2 Å². The summed E-state index contributed by atoms with van der Waals surface area (Å²) in [5.41, 5.74) is 20.0. The van der Waals surface area contributed by atoms with Crippen molar-refractivity contribution in [3.05, 3.63) is 102 Å². The van der Waals surface area contributed by atoms with Gasteiger partial charge in [-0.1, -0.05) is 123 Å². The van der Waals surface area contributed by atoms with E-state index in [1.54, 1.807) is 95.5 Å². The maximum atomic E-state index is 15.7. The van der Waals surface area contributed by atoms with Crippen molar-refractivity contribution in [3.8, 4) is 5.75 Å². The lowest BCUT2D eigenvalue weighted by Crippen LogP contribution is -2.62. The number of likely N-dealkylation sites (N-methyl/N-ethyl adjacent to an activating group) is 3. The van der Waals surface area contributed by atoms with E-state index in [0.29, 0.717) is 64.2 Å². The van der Waals surface area contributed by atoms with Gasteiger partial charge in [-0.25, -0.2) is 0 Å². The molecule has 40 nitrogen and oxygen atoms in total. The number of H-pyrrole nitrogens is 2. The highest BCUT2D eigenvalue weighted by Gasteiger charge is 2.47. The fourth-order valence-corrected chi connectivity index (χ4v) is 17.3. The van der Waals surface area contributed by atoms with Gasteiger partial charge in [0.05, 0.1) is 31.4 Å². The molecule has 0 unspecified atom stereocenters. The minimum absolute atomic E-state index is 0.0110. The smallest absolute Gasteiger partial charge is 0.246 e. The number of nitrogens with zero attached hydrogens (tertiary/aromatic N) is 5. The second kappa shape index (κ2) is 48.4. The maximum absolute atomic E-state index is 15.7. The number of nitrogens with two attached hydrogens (primary N) is 3. The van der Waals surface area contributed by atoms with Crippen LogP contribution in [0.3, 0.4) is 0 Å². The molecule has 3 aliphatic rings. The summed E-state index contributed by atoms with van der Waals surface area (Å²) in [4.78, 5) is 260. The molecule has 8 rings (SSSR count). The van der Waals surface area contributed by atoms with Crippen LogP contribution in [0.1, 0.15) is 155 Å².